The van der Waals surface area contributed by atoms with Gasteiger partial charge in [0.25, 0.3) is 0 Å². The van der Waals surface area contributed by atoms with Crippen LogP contribution in [-0.4, -0.2) is 50.1 Å². The van der Waals surface area contributed by atoms with Crippen LogP contribution in [0.25, 0.3) is 21.7 Å². The van der Waals surface area contributed by atoms with Gasteiger partial charge in [-0.2, -0.15) is 4.98 Å². The van der Waals surface area contributed by atoms with E-state index in [1.165, 1.54) is 0 Å². The summed E-state index contributed by atoms with van der Waals surface area (Å²) in [5.74, 6) is 1.68. The van der Waals surface area contributed by atoms with Crippen LogP contribution in [0, 0.1) is 0 Å². The molecule has 1 N–H and O–H groups in total. The van der Waals surface area contributed by atoms with Crippen LogP contribution in [0.3, 0.4) is 0 Å². The molecule has 0 unspecified atom stereocenters. The summed E-state index contributed by atoms with van der Waals surface area (Å²) < 4.78 is 7.41. The predicted octanol–water partition coefficient (Wildman–Crippen LogP) is 4.45. The molecule has 9 heteroatoms. The highest BCUT2D eigenvalue weighted by atomic mass is 32.1. The second-order valence-corrected chi connectivity index (χ2v) is 8.44. The number of benzene rings is 1. The summed E-state index contributed by atoms with van der Waals surface area (Å²) in [5, 5.41) is 9.00. The minimum atomic E-state index is -0.0672. The number of imidazole rings is 1. The van der Waals surface area contributed by atoms with E-state index in [0.29, 0.717) is 36.9 Å². The lowest BCUT2D eigenvalue weighted by Gasteiger charge is -2.19. The number of carbonyl (C=O) groups is 1. The monoisotopic (exact) mass is 452 g/mol. The third-order valence-corrected chi connectivity index (χ3v) is 6.31. The Balaban J connectivity index is 1.36. The second-order valence-electron chi connectivity index (χ2n) is 7.49. The van der Waals surface area contributed by atoms with Gasteiger partial charge >= 0.3 is 0 Å². The van der Waals surface area contributed by atoms with Crippen molar-refractivity contribution < 1.29 is 9.32 Å². The van der Waals surface area contributed by atoms with Crippen LogP contribution in [0.5, 0.6) is 0 Å². The van der Waals surface area contributed by atoms with Gasteiger partial charge in [-0.1, -0.05) is 37.2 Å². The van der Waals surface area contributed by atoms with Crippen molar-refractivity contribution in [3.05, 3.63) is 47.7 Å². The number of hydrogen-bond donors (Lipinski definition) is 1. The molecule has 0 aliphatic carbocycles. The van der Waals surface area contributed by atoms with Crippen LogP contribution in [-0.2, 0) is 17.8 Å². The summed E-state index contributed by atoms with van der Waals surface area (Å²) in [6, 6.07) is 11.9. The lowest BCUT2D eigenvalue weighted by Crippen LogP contribution is -2.27. The Morgan fingerprint density at radius 1 is 1.16 bits per heavy atom. The summed E-state index contributed by atoms with van der Waals surface area (Å²) in [5.41, 5.74) is 1.91. The van der Waals surface area contributed by atoms with Crippen LogP contribution in [0.1, 0.15) is 32.6 Å². The van der Waals surface area contributed by atoms with Crippen LogP contribution >= 0.6 is 11.3 Å². The fraction of sp³-hybridized carbons (Fsp3) is 0.391. The molecule has 3 aromatic heterocycles. The van der Waals surface area contributed by atoms with Gasteiger partial charge in [0.05, 0.1) is 15.9 Å². The Labute approximate surface area is 191 Å². The largest absolute Gasteiger partial charge is 0.339 e. The van der Waals surface area contributed by atoms with Crippen LogP contribution in [0.2, 0.25) is 0 Å². The van der Waals surface area contributed by atoms with Gasteiger partial charge in [0.15, 0.2) is 0 Å². The van der Waals surface area contributed by atoms with Gasteiger partial charge in [0, 0.05) is 25.9 Å². The summed E-state index contributed by atoms with van der Waals surface area (Å²) in [4.78, 5) is 25.0. The van der Waals surface area contributed by atoms with Gasteiger partial charge in [0.1, 0.15) is 0 Å². The maximum Gasteiger partial charge on any atom is 0.226 e. The maximum absolute atomic E-state index is 12.6. The van der Waals surface area contributed by atoms with Gasteiger partial charge in [-0.15, -0.1) is 11.3 Å². The molecule has 0 fully saturated rings. The molecule has 1 amide bonds. The number of hydrogen-bond acceptors (Lipinski definition) is 7. The Hall–Kier alpha value is -3.04. The Morgan fingerprint density at radius 3 is 2.78 bits per heavy atom. The first kappa shape index (κ1) is 22.2. The molecule has 0 radical (unpaired) electrons. The van der Waals surface area contributed by atoms with E-state index in [1.807, 2.05) is 41.8 Å². The average molecular weight is 453 g/mol. The Kier molecular flexibility index (Phi) is 7.28. The van der Waals surface area contributed by atoms with Crippen molar-refractivity contribution in [2.45, 2.75) is 39.7 Å². The molecule has 0 bridgehead atoms. The van der Waals surface area contributed by atoms with Crippen molar-refractivity contribution >= 4 is 34.2 Å². The summed E-state index contributed by atoms with van der Waals surface area (Å²) >= 11 is 1.57. The van der Waals surface area contributed by atoms with Gasteiger partial charge in [-0.3, -0.25) is 10.1 Å². The first-order chi connectivity index (χ1) is 15.7. The minimum absolute atomic E-state index is 0.0672. The number of carbonyl (C=O) groups excluding carboxylic acids is 1. The number of anilines is 1. The molecule has 0 aliphatic rings. The SMILES string of the molecule is CCN(CC)CCn1c(NC(=O)CCCc2nc(-c3cccs3)no2)nc2ccccc21. The van der Waals surface area contributed by atoms with Crippen molar-refractivity contribution in [1.29, 1.82) is 0 Å². The number of nitrogens with zero attached hydrogens (tertiary/aromatic N) is 5. The van der Waals surface area contributed by atoms with E-state index in [-0.39, 0.29) is 5.91 Å². The predicted molar refractivity (Wildman–Crippen MR) is 127 cm³/mol. The Bertz CT molecular complexity index is 1150. The van der Waals surface area contributed by atoms with Crippen molar-refractivity contribution in [2.75, 3.05) is 25.0 Å². The van der Waals surface area contributed by atoms with Gasteiger partial charge in [-0.25, -0.2) is 4.98 Å². The van der Waals surface area contributed by atoms with Gasteiger partial charge < -0.3 is 14.0 Å². The summed E-state index contributed by atoms with van der Waals surface area (Å²) in [7, 11) is 0. The number of fused-ring (bicyclic) bond motifs is 1. The molecule has 1 aromatic carbocycles. The third kappa shape index (κ3) is 5.23. The molecule has 168 valence electrons. The van der Waals surface area contributed by atoms with Gasteiger partial charge in [0.2, 0.25) is 23.6 Å². The molecule has 0 saturated heterocycles. The number of aromatic nitrogens is 4. The van der Waals surface area contributed by atoms with E-state index in [0.717, 1.165) is 42.1 Å². The number of thiophene rings is 1. The molecular weight excluding hydrogens is 424 g/mol. The minimum Gasteiger partial charge on any atom is -0.339 e. The lowest BCUT2D eigenvalue weighted by molar-refractivity contribution is -0.116. The first-order valence-electron chi connectivity index (χ1n) is 11.0. The highest BCUT2D eigenvalue weighted by Gasteiger charge is 2.15. The van der Waals surface area contributed by atoms with Crippen molar-refractivity contribution in [2.24, 2.45) is 0 Å². The standard InChI is InChI=1S/C23H28N6O2S/c1-3-28(4-2)14-15-29-18-10-6-5-9-17(18)24-23(29)25-20(30)12-7-13-21-26-22(27-31-21)19-11-8-16-32-19/h5-6,8-11,16H,3-4,7,12-15H2,1-2H3,(H,24,25,30). The molecule has 0 aliphatic heterocycles. The zero-order chi connectivity index (χ0) is 22.3. The third-order valence-electron chi connectivity index (χ3n) is 5.44. The summed E-state index contributed by atoms with van der Waals surface area (Å²) in [6.07, 6.45) is 1.54. The number of rotatable bonds is 11. The molecule has 8 nitrogen and oxygen atoms in total. The lowest BCUT2D eigenvalue weighted by atomic mass is 10.2. The number of nitrogens with one attached hydrogen (secondary N) is 1. The van der Waals surface area contributed by atoms with E-state index in [9.17, 15) is 4.79 Å². The topological polar surface area (TPSA) is 89.1 Å². The van der Waals surface area contributed by atoms with Crippen molar-refractivity contribution in [3.8, 4) is 10.7 Å². The highest BCUT2D eigenvalue weighted by Crippen LogP contribution is 2.22. The number of aryl methyl sites for hydroxylation is 1. The molecule has 32 heavy (non-hydrogen) atoms. The molecule has 0 spiro atoms. The van der Waals surface area contributed by atoms with Crippen molar-refractivity contribution in [3.63, 3.8) is 0 Å². The fourth-order valence-corrected chi connectivity index (χ4v) is 4.28. The number of likely N-dealkylation sites (N-methyl/N-ethyl adjacent to an activating group) is 1. The second kappa shape index (κ2) is 10.5. The van der Waals surface area contributed by atoms with Crippen molar-refractivity contribution in [1.82, 2.24) is 24.6 Å². The van der Waals surface area contributed by atoms with Crippen LogP contribution in [0.15, 0.2) is 46.3 Å². The number of para-hydroxylation sites is 2. The van der Waals surface area contributed by atoms with E-state index in [2.05, 4.69) is 43.8 Å². The quantitative estimate of drug-likeness (QED) is 0.362. The smallest absolute Gasteiger partial charge is 0.226 e. The van der Waals surface area contributed by atoms with E-state index >= 15 is 0 Å². The van der Waals surface area contributed by atoms with E-state index in [4.69, 9.17) is 4.52 Å². The summed E-state index contributed by atoms with van der Waals surface area (Å²) in [6.45, 7) is 7.98. The highest BCUT2D eigenvalue weighted by molar-refractivity contribution is 7.13. The van der Waals surface area contributed by atoms with Crippen LogP contribution in [0.4, 0.5) is 5.95 Å². The first-order valence-corrected chi connectivity index (χ1v) is 11.9. The molecule has 3 heterocycles. The van der Waals surface area contributed by atoms with E-state index < -0.39 is 0 Å². The maximum atomic E-state index is 12.6. The Morgan fingerprint density at radius 2 is 2.00 bits per heavy atom. The molecular formula is C23H28N6O2S. The molecule has 4 aromatic rings. The number of amides is 1. The average Bonchev–Trinajstić information content (AvgIpc) is 3.55. The van der Waals surface area contributed by atoms with Gasteiger partial charge in [-0.05, 0) is 43.1 Å². The zero-order valence-corrected chi connectivity index (χ0v) is 19.3. The fourth-order valence-electron chi connectivity index (χ4n) is 3.63. The molecule has 4 rings (SSSR count). The molecule has 0 saturated carbocycles. The van der Waals surface area contributed by atoms with E-state index in [1.54, 1.807) is 11.3 Å². The zero-order valence-electron chi connectivity index (χ0n) is 18.5. The molecule has 0 atom stereocenters. The van der Waals surface area contributed by atoms with Crippen LogP contribution < -0.4 is 5.32 Å². The normalized spacial score (nSPS) is 11.5.